The van der Waals surface area contributed by atoms with Crippen molar-refractivity contribution in [2.45, 2.75) is 26.4 Å². The summed E-state index contributed by atoms with van der Waals surface area (Å²) in [6, 6.07) is 17.8. The van der Waals surface area contributed by atoms with Gasteiger partial charge in [-0.2, -0.15) is 0 Å². The number of hydrogen-bond donors (Lipinski definition) is 3. The minimum atomic E-state index is -0.951. The maximum Gasteiger partial charge on any atom is 0.335 e. The van der Waals surface area contributed by atoms with Crippen molar-refractivity contribution in [1.82, 2.24) is 15.2 Å². The number of rotatable bonds is 8. The minimum Gasteiger partial charge on any atom is -0.478 e. The lowest BCUT2D eigenvalue weighted by molar-refractivity contribution is -0.110. The van der Waals surface area contributed by atoms with E-state index in [9.17, 15) is 14.4 Å². The van der Waals surface area contributed by atoms with E-state index in [1.807, 2.05) is 44.2 Å². The molecule has 0 spiro atoms. The van der Waals surface area contributed by atoms with E-state index in [0.717, 1.165) is 60.9 Å². The molecular formula is C28H32N4O5. The van der Waals surface area contributed by atoms with E-state index in [-0.39, 0.29) is 11.6 Å². The van der Waals surface area contributed by atoms with Gasteiger partial charge < -0.3 is 20.9 Å². The minimum absolute atomic E-state index is 0.102. The highest BCUT2D eigenvalue weighted by molar-refractivity contribution is 5.93. The second kappa shape index (κ2) is 13.3. The molecule has 1 fully saturated rings. The molecule has 9 nitrogen and oxygen atoms in total. The van der Waals surface area contributed by atoms with Gasteiger partial charge in [0.25, 0.3) is 0 Å². The first-order valence-electron chi connectivity index (χ1n) is 12.0. The van der Waals surface area contributed by atoms with Crippen LogP contribution in [0.15, 0.2) is 60.7 Å². The van der Waals surface area contributed by atoms with Crippen molar-refractivity contribution < 1.29 is 24.2 Å². The van der Waals surface area contributed by atoms with Gasteiger partial charge in [0, 0.05) is 30.8 Å². The Morgan fingerprint density at radius 2 is 1.78 bits per heavy atom. The van der Waals surface area contributed by atoms with Crippen molar-refractivity contribution in [1.29, 1.82) is 0 Å². The van der Waals surface area contributed by atoms with Gasteiger partial charge in [0.1, 0.15) is 0 Å². The maximum atomic E-state index is 11.3. The quantitative estimate of drug-likeness (QED) is 0.401. The zero-order valence-corrected chi connectivity index (χ0v) is 21.0. The van der Waals surface area contributed by atoms with Crippen LogP contribution < -0.4 is 11.1 Å². The van der Waals surface area contributed by atoms with Crippen LogP contribution in [0.4, 0.5) is 0 Å². The van der Waals surface area contributed by atoms with Crippen molar-refractivity contribution in [2.75, 3.05) is 26.3 Å². The lowest BCUT2D eigenvalue weighted by Crippen LogP contribution is -2.35. The number of pyridine rings is 1. The first-order valence-corrected chi connectivity index (χ1v) is 12.0. The second-order valence-corrected chi connectivity index (χ2v) is 8.73. The van der Waals surface area contributed by atoms with Crippen molar-refractivity contribution in [3.63, 3.8) is 0 Å². The SMILES string of the molecule is CC(NC=O)c1ccc(C(=O)O)cc1.Cc1cc(C(N)=O)ccc1-c1cccc(CN2CCOCC2)n1. The van der Waals surface area contributed by atoms with E-state index < -0.39 is 11.9 Å². The molecule has 1 aliphatic heterocycles. The monoisotopic (exact) mass is 504 g/mol. The number of nitrogens with two attached hydrogens (primary N) is 1. The Kier molecular flexibility index (Phi) is 9.88. The third-order valence-corrected chi connectivity index (χ3v) is 6.06. The van der Waals surface area contributed by atoms with E-state index in [1.54, 1.807) is 18.2 Å². The third kappa shape index (κ3) is 7.96. The Morgan fingerprint density at radius 1 is 1.11 bits per heavy atom. The lowest BCUT2D eigenvalue weighted by atomic mass is 10.0. The summed E-state index contributed by atoms with van der Waals surface area (Å²) in [5.74, 6) is -1.36. The van der Waals surface area contributed by atoms with Gasteiger partial charge in [-0.3, -0.25) is 19.5 Å². The standard InChI is InChI=1S/C18H21N3O2.C10H11NO3/c1-13-11-14(18(19)22)5-6-16(13)17-4-2-3-15(20-17)12-21-7-9-23-10-8-21;1-7(11-6-12)8-2-4-9(5-3-8)10(13)14/h2-6,11H,7-10,12H2,1H3,(H2,19,22);2-7H,1H3,(H,11,12)(H,13,14). The van der Waals surface area contributed by atoms with Gasteiger partial charge in [-0.25, -0.2) is 4.79 Å². The summed E-state index contributed by atoms with van der Waals surface area (Å²) in [6.45, 7) is 8.08. The van der Waals surface area contributed by atoms with E-state index in [0.29, 0.717) is 12.0 Å². The largest absolute Gasteiger partial charge is 0.478 e. The first-order chi connectivity index (χ1) is 17.8. The normalized spacial score (nSPS) is 14.1. The number of carbonyl (C=O) groups excluding carboxylic acids is 2. The highest BCUT2D eigenvalue weighted by atomic mass is 16.5. The van der Waals surface area contributed by atoms with Crippen molar-refractivity contribution in [3.05, 3.63) is 88.6 Å². The number of aryl methyl sites for hydroxylation is 1. The zero-order valence-electron chi connectivity index (χ0n) is 21.0. The highest BCUT2D eigenvalue weighted by Crippen LogP contribution is 2.23. The fourth-order valence-corrected chi connectivity index (χ4v) is 3.92. The lowest BCUT2D eigenvalue weighted by Gasteiger charge is -2.26. The van der Waals surface area contributed by atoms with Gasteiger partial charge in [-0.15, -0.1) is 0 Å². The summed E-state index contributed by atoms with van der Waals surface area (Å²) < 4.78 is 5.38. The molecule has 9 heteroatoms. The van der Waals surface area contributed by atoms with E-state index in [1.165, 1.54) is 12.1 Å². The molecular weight excluding hydrogens is 472 g/mol. The molecule has 3 aromatic rings. The highest BCUT2D eigenvalue weighted by Gasteiger charge is 2.13. The number of benzene rings is 2. The summed E-state index contributed by atoms with van der Waals surface area (Å²) in [6.07, 6.45) is 0.621. The number of primary amides is 1. The van der Waals surface area contributed by atoms with E-state index in [4.69, 9.17) is 20.6 Å². The van der Waals surface area contributed by atoms with Gasteiger partial charge in [-0.05, 0) is 61.4 Å². The molecule has 1 aliphatic rings. The zero-order chi connectivity index (χ0) is 26.8. The molecule has 2 heterocycles. The molecule has 2 amide bonds. The fraction of sp³-hybridized carbons (Fsp3) is 0.286. The number of nitrogens with zero attached hydrogens (tertiary/aromatic N) is 2. The van der Waals surface area contributed by atoms with Crippen LogP contribution in [0.5, 0.6) is 0 Å². The number of morpholine rings is 1. The Labute approximate surface area is 216 Å². The number of ether oxygens (including phenoxy) is 1. The number of hydrogen-bond acceptors (Lipinski definition) is 6. The van der Waals surface area contributed by atoms with Crippen LogP contribution in [0.2, 0.25) is 0 Å². The van der Waals surface area contributed by atoms with Crippen LogP contribution in [0.1, 0.15) is 50.5 Å². The molecule has 0 bridgehead atoms. The molecule has 1 saturated heterocycles. The number of amides is 2. The molecule has 0 saturated carbocycles. The predicted molar refractivity (Wildman–Crippen MR) is 140 cm³/mol. The molecule has 4 N–H and O–H groups in total. The number of nitrogens with one attached hydrogen (secondary N) is 1. The molecule has 4 rings (SSSR count). The number of aromatic carboxylic acids is 1. The van der Waals surface area contributed by atoms with Crippen LogP contribution >= 0.6 is 0 Å². The van der Waals surface area contributed by atoms with E-state index in [2.05, 4.69) is 10.2 Å². The van der Waals surface area contributed by atoms with Gasteiger partial charge in [0.2, 0.25) is 12.3 Å². The Balaban J connectivity index is 0.000000233. The van der Waals surface area contributed by atoms with Crippen LogP contribution in [0.25, 0.3) is 11.3 Å². The number of carbonyl (C=O) groups is 3. The molecule has 37 heavy (non-hydrogen) atoms. The predicted octanol–water partition coefficient (Wildman–Crippen LogP) is 3.18. The number of carboxylic acids is 1. The van der Waals surface area contributed by atoms with Gasteiger partial charge in [-0.1, -0.05) is 24.3 Å². The maximum absolute atomic E-state index is 11.3. The smallest absolute Gasteiger partial charge is 0.335 e. The topological polar surface area (TPSA) is 135 Å². The Hall–Kier alpha value is -4.08. The van der Waals surface area contributed by atoms with Gasteiger partial charge >= 0.3 is 5.97 Å². The first kappa shape index (κ1) is 27.5. The van der Waals surface area contributed by atoms with Crippen LogP contribution in [-0.4, -0.2) is 59.6 Å². The van der Waals surface area contributed by atoms with Crippen LogP contribution in [-0.2, 0) is 16.1 Å². The van der Waals surface area contributed by atoms with Crippen LogP contribution in [0.3, 0.4) is 0 Å². The fourth-order valence-electron chi connectivity index (χ4n) is 3.92. The molecule has 1 unspecified atom stereocenters. The molecule has 194 valence electrons. The van der Waals surface area contributed by atoms with Gasteiger partial charge in [0.15, 0.2) is 0 Å². The summed E-state index contributed by atoms with van der Waals surface area (Å²) in [7, 11) is 0. The van der Waals surface area contributed by atoms with Gasteiger partial charge in [0.05, 0.1) is 36.2 Å². The van der Waals surface area contributed by atoms with Crippen LogP contribution in [0, 0.1) is 6.92 Å². The molecule has 1 atom stereocenters. The molecule has 2 aromatic carbocycles. The number of aromatic nitrogens is 1. The van der Waals surface area contributed by atoms with E-state index >= 15 is 0 Å². The number of carboxylic acid groups (broad SMARTS) is 1. The molecule has 0 radical (unpaired) electrons. The van der Waals surface area contributed by atoms with Crippen molar-refractivity contribution in [2.24, 2.45) is 5.73 Å². The third-order valence-electron chi connectivity index (χ3n) is 6.06. The average Bonchev–Trinajstić information content (AvgIpc) is 2.90. The van der Waals surface area contributed by atoms with Crippen molar-refractivity contribution in [3.8, 4) is 11.3 Å². The summed E-state index contributed by atoms with van der Waals surface area (Å²) in [5, 5.41) is 11.2. The Morgan fingerprint density at radius 3 is 2.38 bits per heavy atom. The summed E-state index contributed by atoms with van der Waals surface area (Å²) in [4.78, 5) is 39.1. The van der Waals surface area contributed by atoms with Crippen molar-refractivity contribution >= 4 is 18.3 Å². The average molecular weight is 505 g/mol. The Bertz CT molecular complexity index is 1220. The second-order valence-electron chi connectivity index (χ2n) is 8.73. The molecule has 0 aliphatic carbocycles. The summed E-state index contributed by atoms with van der Waals surface area (Å²) >= 11 is 0. The summed E-state index contributed by atoms with van der Waals surface area (Å²) in [5.41, 5.74) is 11.0. The molecule has 1 aromatic heterocycles.